The Kier molecular flexibility index (Phi) is 6.44. The molecule has 1 unspecified atom stereocenters. The highest BCUT2D eigenvalue weighted by Gasteiger charge is 2.48. The number of aromatic nitrogens is 2. The number of aliphatic hydroxyl groups excluding tert-OH is 1. The van der Waals surface area contributed by atoms with Crippen LogP contribution in [0.4, 0.5) is 10.3 Å². The van der Waals surface area contributed by atoms with Crippen LogP contribution >= 0.6 is 0 Å². The summed E-state index contributed by atoms with van der Waals surface area (Å²) in [6.07, 6.45) is 0. The van der Waals surface area contributed by atoms with Crippen LogP contribution in [0.2, 0.25) is 0 Å². The molecule has 3 aromatic carbocycles. The molecule has 2 heterocycles. The van der Waals surface area contributed by atoms with Gasteiger partial charge >= 0.3 is 5.91 Å². The Bertz CT molecular complexity index is 1680. The highest BCUT2D eigenvalue weighted by Crippen LogP contribution is 2.43. The molecular weight excluding hydrogens is 505 g/mol. The van der Waals surface area contributed by atoms with E-state index in [4.69, 9.17) is 0 Å². The number of amides is 1. The first kappa shape index (κ1) is 27.3. The molecule has 0 radical (unpaired) electrons. The Hall–Kier alpha value is -4.26. The van der Waals surface area contributed by atoms with Gasteiger partial charge in [0, 0.05) is 5.56 Å². The number of aromatic amines is 1. The second-order valence-electron chi connectivity index (χ2n) is 12.5. The number of anilines is 1. The number of carbonyl (C=O) groups is 2. The number of aryl methyl sites for hydroxylation is 1. The fourth-order valence-electron chi connectivity index (χ4n) is 5.10. The number of benzene rings is 3. The average molecular weight is 540 g/mol. The monoisotopic (exact) mass is 539 g/mol. The van der Waals surface area contributed by atoms with Crippen LogP contribution in [-0.4, -0.2) is 26.8 Å². The molecule has 1 aliphatic heterocycles. The van der Waals surface area contributed by atoms with Crippen molar-refractivity contribution in [1.29, 1.82) is 0 Å². The Morgan fingerprint density at radius 1 is 0.900 bits per heavy atom. The molecule has 206 valence electrons. The van der Waals surface area contributed by atoms with Gasteiger partial charge < -0.3 is 10.1 Å². The smallest absolute Gasteiger partial charge is 0.302 e. The van der Waals surface area contributed by atoms with Crippen LogP contribution in [0.15, 0.2) is 66.2 Å². The maximum Gasteiger partial charge on any atom is 0.302 e. The lowest BCUT2D eigenvalue weighted by atomic mass is 9.84. The lowest BCUT2D eigenvalue weighted by Crippen LogP contribution is -2.30. The number of fused-ring (bicyclic) bond motifs is 1. The van der Waals surface area contributed by atoms with Crippen molar-refractivity contribution in [3.05, 3.63) is 99.9 Å². The molecule has 0 saturated carbocycles. The Morgan fingerprint density at radius 2 is 1.52 bits per heavy atom. The molecule has 4 aromatic rings. The van der Waals surface area contributed by atoms with Gasteiger partial charge in [-0.25, -0.2) is 9.37 Å². The van der Waals surface area contributed by atoms with Crippen LogP contribution in [0.25, 0.3) is 16.8 Å². The van der Waals surface area contributed by atoms with Gasteiger partial charge in [0.1, 0.15) is 11.6 Å². The van der Waals surface area contributed by atoms with E-state index in [-0.39, 0.29) is 28.1 Å². The average Bonchev–Trinajstić information content (AvgIpc) is 3.40. The van der Waals surface area contributed by atoms with E-state index in [1.54, 1.807) is 0 Å². The zero-order chi connectivity index (χ0) is 29.1. The van der Waals surface area contributed by atoms with Gasteiger partial charge in [-0.05, 0) is 64.3 Å². The predicted octanol–water partition coefficient (Wildman–Crippen LogP) is 7.23. The van der Waals surface area contributed by atoms with Crippen molar-refractivity contribution in [2.24, 2.45) is 0 Å². The van der Waals surface area contributed by atoms with E-state index >= 15 is 0 Å². The van der Waals surface area contributed by atoms with E-state index in [0.29, 0.717) is 22.2 Å². The van der Waals surface area contributed by atoms with Crippen molar-refractivity contribution in [2.45, 2.75) is 65.3 Å². The first-order valence-corrected chi connectivity index (χ1v) is 13.3. The lowest BCUT2D eigenvalue weighted by Gasteiger charge is -2.25. The van der Waals surface area contributed by atoms with Crippen molar-refractivity contribution < 1.29 is 19.1 Å². The largest absolute Gasteiger partial charge is 0.507 e. The van der Waals surface area contributed by atoms with E-state index in [9.17, 15) is 19.1 Å². The number of aliphatic hydroxyl groups is 1. The number of carbonyl (C=O) groups excluding carboxylic acids is 2. The standard InChI is InChI=1S/C33H34FN3O3/c1-18-8-11-21(33(5,6)7)16-23(18)28(38)26-27(19-9-12-20(13-10-19)32(2,3)4)37(30(40)29(26)39)31-35-24-15-14-22(34)17-25(24)36-31/h8-17,27,38H,1-7H3,(H,35,36)/b28-26+. The molecule has 0 aliphatic carbocycles. The Balaban J connectivity index is 1.75. The minimum atomic E-state index is -0.947. The summed E-state index contributed by atoms with van der Waals surface area (Å²) >= 11 is 0. The van der Waals surface area contributed by atoms with E-state index in [1.807, 2.05) is 49.4 Å². The fourth-order valence-corrected chi connectivity index (χ4v) is 5.10. The summed E-state index contributed by atoms with van der Waals surface area (Å²) in [7, 11) is 0. The van der Waals surface area contributed by atoms with Crippen LogP contribution < -0.4 is 4.90 Å². The minimum absolute atomic E-state index is 0.0192. The predicted molar refractivity (Wildman–Crippen MR) is 156 cm³/mol. The third-order valence-corrected chi connectivity index (χ3v) is 7.56. The quantitative estimate of drug-likeness (QED) is 0.163. The van der Waals surface area contributed by atoms with E-state index in [2.05, 4.69) is 51.5 Å². The number of hydrogen-bond acceptors (Lipinski definition) is 4. The highest BCUT2D eigenvalue weighted by atomic mass is 19.1. The summed E-state index contributed by atoms with van der Waals surface area (Å²) in [5, 5.41) is 11.7. The summed E-state index contributed by atoms with van der Waals surface area (Å²) in [4.78, 5) is 36.1. The van der Waals surface area contributed by atoms with Crippen molar-refractivity contribution in [3.8, 4) is 0 Å². The third-order valence-electron chi connectivity index (χ3n) is 7.56. The molecule has 1 aromatic heterocycles. The van der Waals surface area contributed by atoms with Crippen LogP contribution in [0.5, 0.6) is 0 Å². The number of ketones is 1. The second kappa shape index (κ2) is 9.44. The topological polar surface area (TPSA) is 86.3 Å². The van der Waals surface area contributed by atoms with E-state index < -0.39 is 23.5 Å². The van der Waals surface area contributed by atoms with Gasteiger partial charge in [0.2, 0.25) is 5.95 Å². The summed E-state index contributed by atoms with van der Waals surface area (Å²) in [6.45, 7) is 14.4. The van der Waals surface area contributed by atoms with Gasteiger partial charge in [-0.3, -0.25) is 14.5 Å². The first-order valence-electron chi connectivity index (χ1n) is 13.3. The summed E-state index contributed by atoms with van der Waals surface area (Å²) < 4.78 is 13.9. The molecule has 1 fully saturated rings. The fraction of sp³-hybridized carbons (Fsp3) is 0.303. The van der Waals surface area contributed by atoms with Crippen LogP contribution in [0.1, 0.15) is 75.4 Å². The van der Waals surface area contributed by atoms with E-state index in [0.717, 1.165) is 16.7 Å². The molecule has 1 aliphatic rings. The molecule has 1 atom stereocenters. The SMILES string of the molecule is Cc1ccc(C(C)(C)C)cc1/C(O)=C1\C(=O)C(=O)N(c2nc3ccc(F)cc3[nH]2)C1c1ccc(C(C)(C)C)cc1. The third kappa shape index (κ3) is 4.70. The lowest BCUT2D eigenvalue weighted by molar-refractivity contribution is -0.132. The number of H-pyrrole nitrogens is 1. The first-order chi connectivity index (χ1) is 18.7. The van der Waals surface area contributed by atoms with Crippen LogP contribution in [-0.2, 0) is 20.4 Å². The maximum atomic E-state index is 13.9. The van der Waals surface area contributed by atoms with Gasteiger partial charge in [0.05, 0.1) is 22.6 Å². The van der Waals surface area contributed by atoms with Crippen molar-refractivity contribution in [3.63, 3.8) is 0 Å². The number of hydrogen-bond donors (Lipinski definition) is 2. The van der Waals surface area contributed by atoms with Crippen LogP contribution in [0, 0.1) is 12.7 Å². The van der Waals surface area contributed by atoms with Gasteiger partial charge in [-0.15, -0.1) is 0 Å². The molecule has 0 bridgehead atoms. The number of nitrogens with one attached hydrogen (secondary N) is 1. The number of halogens is 1. The van der Waals surface area contributed by atoms with Crippen LogP contribution in [0.3, 0.4) is 0 Å². The van der Waals surface area contributed by atoms with Gasteiger partial charge in [0.25, 0.3) is 5.78 Å². The second-order valence-corrected chi connectivity index (χ2v) is 12.5. The molecule has 2 N–H and O–H groups in total. The molecule has 40 heavy (non-hydrogen) atoms. The van der Waals surface area contributed by atoms with Crippen molar-refractivity contribution in [1.82, 2.24) is 9.97 Å². The number of Topliss-reactive ketones (excluding diaryl/α,β-unsaturated/α-hetero) is 1. The van der Waals surface area contributed by atoms with Crippen molar-refractivity contribution >= 4 is 34.4 Å². The minimum Gasteiger partial charge on any atom is -0.507 e. The Labute approximate surface area is 233 Å². The number of imidazole rings is 1. The zero-order valence-corrected chi connectivity index (χ0v) is 23.9. The highest BCUT2D eigenvalue weighted by molar-refractivity contribution is 6.51. The Morgan fingerprint density at radius 3 is 2.15 bits per heavy atom. The summed E-state index contributed by atoms with van der Waals surface area (Å²) in [6, 6.07) is 16.6. The molecular formula is C33H34FN3O3. The summed E-state index contributed by atoms with van der Waals surface area (Å²) in [5.74, 6) is -2.22. The van der Waals surface area contributed by atoms with E-state index in [1.165, 1.54) is 23.1 Å². The molecule has 1 saturated heterocycles. The normalized spacial score (nSPS) is 17.7. The molecule has 7 heteroatoms. The summed E-state index contributed by atoms with van der Waals surface area (Å²) in [5.41, 5.74) is 4.51. The molecule has 6 nitrogen and oxygen atoms in total. The molecule has 0 spiro atoms. The van der Waals surface area contributed by atoms with Crippen molar-refractivity contribution in [2.75, 3.05) is 4.90 Å². The zero-order valence-electron chi connectivity index (χ0n) is 23.9. The van der Waals surface area contributed by atoms with Gasteiger partial charge in [0.15, 0.2) is 0 Å². The number of nitrogens with zero attached hydrogens (tertiary/aromatic N) is 2. The molecule has 5 rings (SSSR count). The maximum absolute atomic E-state index is 13.9. The molecule has 1 amide bonds. The van der Waals surface area contributed by atoms with Gasteiger partial charge in [-0.1, -0.05) is 77.9 Å². The van der Waals surface area contributed by atoms with Gasteiger partial charge in [-0.2, -0.15) is 0 Å². The number of rotatable bonds is 3.